The van der Waals surface area contributed by atoms with Crippen LogP contribution in [0.1, 0.15) is 68.6 Å². The van der Waals surface area contributed by atoms with Gasteiger partial charge in [0.05, 0.1) is 30.6 Å². The van der Waals surface area contributed by atoms with Crippen LogP contribution < -0.4 is 43.2 Å². The van der Waals surface area contributed by atoms with Crippen LogP contribution in [0.5, 0.6) is 0 Å². The summed E-state index contributed by atoms with van der Waals surface area (Å²) in [5.74, 6) is -4.97. The Hall–Kier alpha value is -5.28. The highest BCUT2D eigenvalue weighted by atomic mass is 16.4. The van der Waals surface area contributed by atoms with Crippen molar-refractivity contribution in [2.45, 2.75) is 88.4 Å². The molecule has 53 heavy (non-hydrogen) atoms. The molecule has 3 rings (SSSR count). The van der Waals surface area contributed by atoms with Crippen molar-refractivity contribution in [3.8, 4) is 0 Å². The summed E-state index contributed by atoms with van der Waals surface area (Å²) in [6.07, 6.45) is 3.35. The number of carboxylic acid groups (broad SMARTS) is 1. The molecule has 290 valence electrons. The molecule has 12 N–H and O–H groups in total. The highest BCUT2D eigenvalue weighted by Gasteiger charge is 2.38. The Balaban J connectivity index is 1.31. The molecule has 5 atom stereocenters. The largest absolute Gasteiger partial charge is 0.480 e. The van der Waals surface area contributed by atoms with Crippen molar-refractivity contribution in [2.24, 2.45) is 10.7 Å². The number of carboxylic acids is 1. The second-order valence-electron chi connectivity index (χ2n) is 12.7. The molecular formula is C32H49BN10O10. The monoisotopic (exact) mass is 744 g/mol. The molecule has 0 aromatic heterocycles. The predicted octanol–water partition coefficient (Wildman–Crippen LogP) is -3.28. The number of aliphatic imine (C=N–C) groups is 1. The van der Waals surface area contributed by atoms with Gasteiger partial charge in [0.1, 0.15) is 18.1 Å². The van der Waals surface area contributed by atoms with E-state index in [0.29, 0.717) is 44.5 Å². The molecule has 1 aromatic carbocycles. The van der Waals surface area contributed by atoms with Gasteiger partial charge in [-0.3, -0.25) is 44.6 Å². The Morgan fingerprint density at radius 2 is 1.70 bits per heavy atom. The second kappa shape index (κ2) is 21.3. The summed E-state index contributed by atoms with van der Waals surface area (Å²) >= 11 is 0. The van der Waals surface area contributed by atoms with Crippen molar-refractivity contribution in [3.05, 3.63) is 29.8 Å². The van der Waals surface area contributed by atoms with Gasteiger partial charge in [0.15, 0.2) is 0 Å². The van der Waals surface area contributed by atoms with Gasteiger partial charge in [0.25, 0.3) is 5.91 Å². The van der Waals surface area contributed by atoms with Gasteiger partial charge in [0, 0.05) is 44.5 Å². The summed E-state index contributed by atoms with van der Waals surface area (Å²) in [5.41, 5.74) is 11.2. The number of nitrogens with zero attached hydrogens (tertiary/aromatic N) is 2. The van der Waals surface area contributed by atoms with Crippen LogP contribution in [0.2, 0.25) is 0 Å². The summed E-state index contributed by atoms with van der Waals surface area (Å²) in [6.45, 7) is 2.25. The molecule has 6 amide bonds. The molecule has 1 fully saturated rings. The topological polar surface area (TPSA) is 306 Å². The lowest BCUT2D eigenvalue weighted by Gasteiger charge is -2.27. The van der Waals surface area contributed by atoms with Gasteiger partial charge in [-0.2, -0.15) is 0 Å². The molecule has 1 unspecified atom stereocenters. The molecule has 2 aliphatic heterocycles. The van der Waals surface area contributed by atoms with E-state index in [1.54, 1.807) is 0 Å². The maximum atomic E-state index is 12.8. The number of likely N-dealkylation sites (tertiary alicyclic amines) is 1. The smallest absolute Gasteiger partial charge is 0.475 e. The summed E-state index contributed by atoms with van der Waals surface area (Å²) in [6, 6.07) is 2.65. The molecule has 0 bridgehead atoms. The van der Waals surface area contributed by atoms with E-state index >= 15 is 0 Å². The summed E-state index contributed by atoms with van der Waals surface area (Å²) < 4.78 is 0. The number of nitrogens with one attached hydrogen (secondary N) is 7. The van der Waals surface area contributed by atoms with Crippen molar-refractivity contribution < 1.29 is 48.7 Å². The summed E-state index contributed by atoms with van der Waals surface area (Å²) in [4.78, 5) is 91.9. The fourth-order valence-electron chi connectivity index (χ4n) is 5.72. The molecule has 1 aromatic rings. The fourth-order valence-corrected chi connectivity index (χ4v) is 5.72. The minimum absolute atomic E-state index is 0.0759. The number of rotatable bonds is 21. The Kier molecular flexibility index (Phi) is 16.9. The number of unbranched alkanes of at least 4 members (excludes halogenated alkanes) is 1. The van der Waals surface area contributed by atoms with Crippen LogP contribution in [0, 0.1) is 0 Å². The number of hydrogen-bond acceptors (Lipinski definition) is 13. The van der Waals surface area contributed by atoms with Crippen LogP contribution >= 0.6 is 0 Å². The first kappa shape index (κ1) is 42.1. The second-order valence-corrected chi connectivity index (χ2v) is 12.7. The molecule has 20 nitrogen and oxygen atoms in total. The van der Waals surface area contributed by atoms with Gasteiger partial charge in [-0.15, -0.1) is 0 Å². The van der Waals surface area contributed by atoms with Crippen LogP contribution in [0.15, 0.2) is 29.3 Å². The van der Waals surface area contributed by atoms with E-state index in [-0.39, 0.29) is 56.3 Å². The molecule has 0 saturated carbocycles. The van der Waals surface area contributed by atoms with E-state index < -0.39 is 66.7 Å². The van der Waals surface area contributed by atoms with E-state index in [0.717, 1.165) is 0 Å². The lowest BCUT2D eigenvalue weighted by molar-refractivity contribution is -0.142. The van der Waals surface area contributed by atoms with Gasteiger partial charge in [0.2, 0.25) is 29.5 Å². The predicted molar refractivity (Wildman–Crippen MR) is 192 cm³/mol. The highest BCUT2D eigenvalue weighted by molar-refractivity contribution is 6.43. The highest BCUT2D eigenvalue weighted by Crippen LogP contribution is 2.19. The van der Waals surface area contributed by atoms with E-state index in [2.05, 4.69) is 42.4 Å². The standard InChI is InChI=1S/C32H49BN10O10/c1-19(31(49)43-14-4-6-25(43)33(52)53)38-29(47)20-7-9-21(10-8-20)41-42-27(45)12-11-26(44)36-13-3-2-5-23(32(50)51)40-30(48)24(39-28(46)16-34)15-22-17-35-18-37-22/h7-10,18-19,22-25,41,52-53H,2-6,11-17,34H2,1H3,(H,35,37)(H,36,44)(H,38,47)(H,39,46)(H,40,48)(H,42,45)(H,50,51)/t19-,22?,23+,24+,25+/m1/s1. The average molecular weight is 745 g/mol. The van der Waals surface area contributed by atoms with Crippen LogP contribution in [0.3, 0.4) is 0 Å². The molecule has 21 heteroatoms. The Bertz CT molecular complexity index is 1480. The maximum Gasteiger partial charge on any atom is 0.475 e. The van der Waals surface area contributed by atoms with Gasteiger partial charge >= 0.3 is 13.1 Å². The SMILES string of the molecule is C[C@@H](NC(=O)c1ccc(NNC(=O)CCC(=O)NCCCC[C@H](NC(=O)[C@H](CC2CNC=N2)NC(=O)CN)C(=O)O)cc1)C(=O)N1CCC[C@H]1B(O)O. The summed E-state index contributed by atoms with van der Waals surface area (Å²) in [7, 11) is -1.66. The van der Waals surface area contributed by atoms with Crippen molar-refractivity contribution in [1.82, 2.24) is 36.9 Å². The first-order valence-electron chi connectivity index (χ1n) is 17.5. The maximum absolute atomic E-state index is 12.8. The molecule has 0 spiro atoms. The van der Waals surface area contributed by atoms with Gasteiger partial charge in [-0.25, -0.2) is 4.79 Å². The zero-order chi connectivity index (χ0) is 38.9. The number of anilines is 1. The molecule has 0 radical (unpaired) electrons. The number of amides is 6. The molecule has 1 saturated heterocycles. The minimum atomic E-state index is -1.66. The van der Waals surface area contributed by atoms with Crippen molar-refractivity contribution in [2.75, 3.05) is 31.6 Å². The summed E-state index contributed by atoms with van der Waals surface area (Å²) in [5, 5.41) is 41.8. The van der Waals surface area contributed by atoms with Crippen LogP contribution in [0.25, 0.3) is 0 Å². The van der Waals surface area contributed by atoms with Crippen molar-refractivity contribution in [3.63, 3.8) is 0 Å². The van der Waals surface area contributed by atoms with E-state index in [1.807, 2.05) is 0 Å². The van der Waals surface area contributed by atoms with E-state index in [9.17, 15) is 48.7 Å². The van der Waals surface area contributed by atoms with Crippen LogP contribution in [-0.4, -0.2) is 131 Å². The zero-order valence-corrected chi connectivity index (χ0v) is 29.5. The van der Waals surface area contributed by atoms with Gasteiger partial charge in [-0.05, 0) is 63.3 Å². The number of benzene rings is 1. The van der Waals surface area contributed by atoms with Crippen LogP contribution in [0.4, 0.5) is 5.69 Å². The van der Waals surface area contributed by atoms with Crippen molar-refractivity contribution >= 4 is 60.6 Å². The number of nitrogens with two attached hydrogens (primary N) is 1. The number of hydrogen-bond donors (Lipinski definition) is 11. The first-order chi connectivity index (χ1) is 25.3. The zero-order valence-electron chi connectivity index (χ0n) is 29.5. The molecule has 0 aliphatic carbocycles. The average Bonchev–Trinajstić information content (AvgIpc) is 3.85. The Morgan fingerprint density at radius 1 is 0.981 bits per heavy atom. The molecule has 2 heterocycles. The first-order valence-corrected chi connectivity index (χ1v) is 17.5. The number of aliphatic carboxylic acids is 1. The minimum Gasteiger partial charge on any atom is -0.480 e. The van der Waals surface area contributed by atoms with E-state index in [4.69, 9.17) is 5.73 Å². The lowest BCUT2D eigenvalue weighted by atomic mass is 9.78. The van der Waals surface area contributed by atoms with Gasteiger partial charge in [-0.1, -0.05) is 0 Å². The lowest BCUT2D eigenvalue weighted by Crippen LogP contribution is -2.53. The van der Waals surface area contributed by atoms with Gasteiger partial charge < -0.3 is 52.4 Å². The number of carbonyl (C=O) groups is 7. The Morgan fingerprint density at radius 3 is 2.34 bits per heavy atom. The normalized spacial score (nSPS) is 17.8. The Labute approximate surface area is 306 Å². The van der Waals surface area contributed by atoms with Crippen LogP contribution in [-0.2, 0) is 28.8 Å². The fraction of sp³-hybridized carbons (Fsp3) is 0.562. The third kappa shape index (κ3) is 14.0. The van der Waals surface area contributed by atoms with Crippen molar-refractivity contribution in [1.29, 1.82) is 0 Å². The number of carbonyl (C=O) groups excluding carboxylic acids is 6. The third-order valence-electron chi connectivity index (χ3n) is 8.65. The number of hydrazine groups is 1. The third-order valence-corrected chi connectivity index (χ3v) is 8.65. The quantitative estimate of drug-likeness (QED) is 0.0335. The van der Waals surface area contributed by atoms with E-state index in [1.165, 1.54) is 42.4 Å². The molecule has 2 aliphatic rings. The molecular weight excluding hydrogens is 695 g/mol.